The first-order valence-corrected chi connectivity index (χ1v) is 6.47. The van der Waals surface area contributed by atoms with E-state index in [1.54, 1.807) is 31.2 Å². The maximum absolute atomic E-state index is 11.8. The van der Waals surface area contributed by atoms with Gasteiger partial charge in [-0.2, -0.15) is 0 Å². The SMILES string of the molecule is Cc1ccc(S(=O)(=O)CC(C)N=C=O)cc1. The molecule has 0 amide bonds. The highest BCUT2D eigenvalue weighted by atomic mass is 32.2. The summed E-state index contributed by atoms with van der Waals surface area (Å²) in [5.41, 5.74) is 0.998. The second kappa shape index (κ2) is 5.05. The molecule has 0 aliphatic rings. The number of isocyanates is 1. The molecular formula is C11H13NO3S. The summed E-state index contributed by atoms with van der Waals surface area (Å²) in [4.78, 5) is 13.6. The van der Waals surface area contributed by atoms with Gasteiger partial charge in [0.1, 0.15) is 0 Å². The predicted molar refractivity (Wildman–Crippen MR) is 60.8 cm³/mol. The first kappa shape index (κ1) is 12.6. The molecule has 1 aromatic rings. The molecule has 1 unspecified atom stereocenters. The van der Waals surface area contributed by atoms with Gasteiger partial charge in [-0.3, -0.25) is 0 Å². The summed E-state index contributed by atoms with van der Waals surface area (Å²) in [6.45, 7) is 3.45. The Hall–Kier alpha value is -1.45. The minimum Gasteiger partial charge on any atom is -0.224 e. The average Bonchev–Trinajstić information content (AvgIpc) is 2.17. The van der Waals surface area contributed by atoms with Crippen molar-refractivity contribution in [3.8, 4) is 0 Å². The molecule has 1 rings (SSSR count). The molecule has 4 nitrogen and oxygen atoms in total. The Bertz CT molecular complexity index is 499. The molecule has 0 aliphatic carbocycles. The molecule has 0 bridgehead atoms. The van der Waals surface area contributed by atoms with E-state index in [9.17, 15) is 13.2 Å². The lowest BCUT2D eigenvalue weighted by Gasteiger charge is -2.06. The zero-order valence-corrected chi connectivity index (χ0v) is 9.99. The molecule has 1 atom stereocenters. The van der Waals surface area contributed by atoms with Crippen molar-refractivity contribution < 1.29 is 13.2 Å². The van der Waals surface area contributed by atoms with Crippen molar-refractivity contribution in [3.63, 3.8) is 0 Å². The third-order valence-corrected chi connectivity index (χ3v) is 4.03. The lowest BCUT2D eigenvalue weighted by atomic mass is 10.2. The van der Waals surface area contributed by atoms with Crippen molar-refractivity contribution in [3.05, 3.63) is 29.8 Å². The molecule has 0 radical (unpaired) electrons. The maximum Gasteiger partial charge on any atom is 0.235 e. The van der Waals surface area contributed by atoms with Crippen molar-refractivity contribution >= 4 is 15.9 Å². The van der Waals surface area contributed by atoms with E-state index in [1.807, 2.05) is 6.92 Å². The first-order valence-electron chi connectivity index (χ1n) is 4.82. The van der Waals surface area contributed by atoms with E-state index in [-0.39, 0.29) is 10.6 Å². The van der Waals surface area contributed by atoms with E-state index >= 15 is 0 Å². The van der Waals surface area contributed by atoms with Crippen LogP contribution in [-0.4, -0.2) is 26.3 Å². The monoisotopic (exact) mass is 239 g/mol. The molecule has 0 saturated heterocycles. The minimum atomic E-state index is -3.37. The number of sulfone groups is 1. The zero-order valence-electron chi connectivity index (χ0n) is 9.17. The van der Waals surface area contributed by atoms with E-state index in [0.717, 1.165) is 5.56 Å². The van der Waals surface area contributed by atoms with Crippen LogP contribution in [0.2, 0.25) is 0 Å². The van der Waals surface area contributed by atoms with E-state index in [1.165, 1.54) is 6.08 Å². The van der Waals surface area contributed by atoms with Crippen LogP contribution in [0.25, 0.3) is 0 Å². The van der Waals surface area contributed by atoms with Crippen LogP contribution in [0.4, 0.5) is 0 Å². The second-order valence-electron chi connectivity index (χ2n) is 3.66. The van der Waals surface area contributed by atoms with Gasteiger partial charge in [-0.15, -0.1) is 0 Å². The quantitative estimate of drug-likeness (QED) is 0.590. The zero-order chi connectivity index (χ0) is 12.2. The third-order valence-electron chi connectivity index (χ3n) is 2.11. The molecule has 0 spiro atoms. The highest BCUT2D eigenvalue weighted by Gasteiger charge is 2.17. The van der Waals surface area contributed by atoms with Gasteiger partial charge in [-0.1, -0.05) is 17.7 Å². The van der Waals surface area contributed by atoms with E-state index in [0.29, 0.717) is 0 Å². The number of benzene rings is 1. The Morgan fingerprint density at radius 1 is 1.31 bits per heavy atom. The Kier molecular flexibility index (Phi) is 3.99. The standard InChI is InChI=1S/C11H13NO3S/c1-9-3-5-11(6-4-9)16(14,15)7-10(2)12-8-13/h3-6,10H,7H2,1-2H3. The third kappa shape index (κ3) is 3.29. The highest BCUT2D eigenvalue weighted by Crippen LogP contribution is 2.13. The van der Waals surface area contributed by atoms with Crippen LogP contribution in [0.3, 0.4) is 0 Å². The Morgan fingerprint density at radius 3 is 2.38 bits per heavy atom. The number of carbonyl (C=O) groups excluding carboxylic acids is 1. The molecular weight excluding hydrogens is 226 g/mol. The molecule has 0 N–H and O–H groups in total. The number of hydrogen-bond donors (Lipinski definition) is 0. The van der Waals surface area contributed by atoms with E-state index in [2.05, 4.69) is 4.99 Å². The van der Waals surface area contributed by atoms with Crippen molar-refractivity contribution in [2.24, 2.45) is 4.99 Å². The van der Waals surface area contributed by atoms with Gasteiger partial charge in [-0.25, -0.2) is 18.2 Å². The second-order valence-corrected chi connectivity index (χ2v) is 5.70. The summed E-state index contributed by atoms with van der Waals surface area (Å²) in [6.07, 6.45) is 1.36. The van der Waals surface area contributed by atoms with Crippen LogP contribution in [0.5, 0.6) is 0 Å². The summed E-state index contributed by atoms with van der Waals surface area (Å²) in [5, 5.41) is 0. The van der Waals surface area contributed by atoms with Crippen LogP contribution in [0.15, 0.2) is 34.2 Å². The van der Waals surface area contributed by atoms with Gasteiger partial charge in [0.2, 0.25) is 6.08 Å². The van der Waals surface area contributed by atoms with Gasteiger partial charge in [0.25, 0.3) is 0 Å². The Labute approximate surface area is 94.9 Å². The lowest BCUT2D eigenvalue weighted by molar-refractivity contribution is 0.559. The van der Waals surface area contributed by atoms with Crippen molar-refractivity contribution in [2.45, 2.75) is 24.8 Å². The normalized spacial score (nSPS) is 12.9. The smallest absolute Gasteiger partial charge is 0.224 e. The van der Waals surface area contributed by atoms with Crippen LogP contribution in [0.1, 0.15) is 12.5 Å². The fourth-order valence-electron chi connectivity index (χ4n) is 1.29. The van der Waals surface area contributed by atoms with Crippen LogP contribution >= 0.6 is 0 Å². The van der Waals surface area contributed by atoms with Gasteiger partial charge >= 0.3 is 0 Å². The van der Waals surface area contributed by atoms with Gasteiger partial charge in [0, 0.05) is 0 Å². The molecule has 1 aromatic carbocycles. The van der Waals surface area contributed by atoms with Crippen molar-refractivity contribution in [1.82, 2.24) is 0 Å². The molecule has 0 saturated carbocycles. The average molecular weight is 239 g/mol. The summed E-state index contributed by atoms with van der Waals surface area (Å²) in [7, 11) is -3.37. The van der Waals surface area contributed by atoms with Crippen LogP contribution < -0.4 is 0 Å². The van der Waals surface area contributed by atoms with Gasteiger partial charge in [0.05, 0.1) is 16.7 Å². The molecule has 16 heavy (non-hydrogen) atoms. The van der Waals surface area contributed by atoms with Gasteiger partial charge in [-0.05, 0) is 26.0 Å². The largest absolute Gasteiger partial charge is 0.235 e. The fourth-order valence-corrected chi connectivity index (χ4v) is 2.74. The first-order chi connectivity index (χ1) is 7.45. The predicted octanol–water partition coefficient (Wildman–Crippen LogP) is 1.49. The number of hydrogen-bond acceptors (Lipinski definition) is 4. The Balaban J connectivity index is 2.94. The Morgan fingerprint density at radius 2 is 1.88 bits per heavy atom. The summed E-state index contributed by atoms with van der Waals surface area (Å²) >= 11 is 0. The van der Waals surface area contributed by atoms with Gasteiger partial charge in [0.15, 0.2) is 9.84 Å². The maximum atomic E-state index is 11.8. The minimum absolute atomic E-state index is 0.175. The number of rotatable bonds is 4. The molecule has 86 valence electrons. The molecule has 0 heterocycles. The van der Waals surface area contributed by atoms with E-state index in [4.69, 9.17) is 0 Å². The van der Waals surface area contributed by atoms with Crippen molar-refractivity contribution in [2.75, 3.05) is 5.75 Å². The number of aliphatic imine (C=N–C) groups is 1. The van der Waals surface area contributed by atoms with Gasteiger partial charge < -0.3 is 0 Å². The summed E-state index contributed by atoms with van der Waals surface area (Å²) < 4.78 is 23.7. The van der Waals surface area contributed by atoms with Crippen LogP contribution in [0, 0.1) is 6.92 Å². The summed E-state index contributed by atoms with van der Waals surface area (Å²) in [6, 6.07) is 6.02. The molecule has 0 aromatic heterocycles. The summed E-state index contributed by atoms with van der Waals surface area (Å²) in [5.74, 6) is -0.175. The topological polar surface area (TPSA) is 63.6 Å². The molecule has 5 heteroatoms. The number of aryl methyl sites for hydroxylation is 1. The lowest BCUT2D eigenvalue weighted by Crippen LogP contribution is -2.16. The molecule has 0 aliphatic heterocycles. The fraction of sp³-hybridized carbons (Fsp3) is 0.364. The highest BCUT2D eigenvalue weighted by molar-refractivity contribution is 7.91. The number of nitrogens with zero attached hydrogens (tertiary/aromatic N) is 1. The molecule has 0 fully saturated rings. The van der Waals surface area contributed by atoms with Crippen LogP contribution in [-0.2, 0) is 14.6 Å². The van der Waals surface area contributed by atoms with Crippen molar-refractivity contribution in [1.29, 1.82) is 0 Å². The van der Waals surface area contributed by atoms with E-state index < -0.39 is 15.9 Å².